The van der Waals surface area contributed by atoms with Gasteiger partial charge in [0.1, 0.15) is 33.7 Å². The van der Waals surface area contributed by atoms with Crippen molar-refractivity contribution in [3.05, 3.63) is 340 Å². The highest BCUT2D eigenvalue weighted by Gasteiger charge is 2.29. The van der Waals surface area contributed by atoms with Crippen molar-refractivity contribution >= 4 is 217 Å². The van der Waals surface area contributed by atoms with Gasteiger partial charge in [-0.05, 0) is 194 Å². The summed E-state index contributed by atoms with van der Waals surface area (Å²) < 4.78 is 17.7. The summed E-state index contributed by atoms with van der Waals surface area (Å²) >= 11 is 0. The second-order valence-electron chi connectivity index (χ2n) is 30.1. The van der Waals surface area contributed by atoms with Crippen molar-refractivity contribution in [2.24, 2.45) is 0 Å². The van der Waals surface area contributed by atoms with E-state index in [9.17, 15) is 0 Å². The molecule has 0 aliphatic rings. The lowest BCUT2D eigenvalue weighted by molar-refractivity contribution is 0.668. The Morgan fingerprint density at radius 2 is 0.527 bits per heavy atom. The lowest BCUT2D eigenvalue weighted by atomic mass is 9.89. The van der Waals surface area contributed by atoms with Crippen molar-refractivity contribution in [3.8, 4) is 45.3 Å². The van der Waals surface area contributed by atoms with E-state index < -0.39 is 0 Å². The van der Waals surface area contributed by atoms with Crippen molar-refractivity contribution in [1.82, 2.24) is 29.1 Å². The van der Waals surface area contributed by atoms with Gasteiger partial charge in [-0.2, -0.15) is 0 Å². The predicted molar refractivity (Wildman–Crippen MR) is 467 cm³/mol. The van der Waals surface area contributed by atoms with Crippen LogP contribution in [-0.2, 0) is 0 Å². The Kier molecular flexibility index (Phi) is 11.9. The SMILES string of the molecule is c1ccc2c(c1)ccc1nc(-c3ccc4oc5ccccc5c4c3)c(-n3c4ccc5ccccc5c4c4c5c(ccc43)c3ccccc3c3cc(-c4ccc6c(ccc7nc(-n8c9ccc%10ccccc%10c9c9c%10c%11ccccc%11c%11ccccc%11c%10ccc98)c(-c8ccc9oc%10ccccc%10c9c8)nc76)c4)ccc35)nc12. The first-order valence-corrected chi connectivity index (χ1v) is 38.2. The minimum Gasteiger partial charge on any atom is -0.456 e. The summed E-state index contributed by atoms with van der Waals surface area (Å²) in [5.74, 6) is 1.50. The molecule has 0 spiro atoms. The van der Waals surface area contributed by atoms with E-state index in [0.29, 0.717) is 0 Å². The molecular weight excluding hydrogens is 1370 g/mol. The van der Waals surface area contributed by atoms with Crippen LogP contribution in [0.4, 0.5) is 0 Å². The maximum Gasteiger partial charge on any atom is 0.165 e. The van der Waals surface area contributed by atoms with Crippen LogP contribution >= 0.6 is 0 Å². The number of hydrogen-bond acceptors (Lipinski definition) is 6. The third-order valence-electron chi connectivity index (χ3n) is 24.4. The fourth-order valence-electron chi connectivity index (χ4n) is 19.5. The molecule has 8 nitrogen and oxygen atoms in total. The summed E-state index contributed by atoms with van der Waals surface area (Å²) in [6, 6.07) is 124. The number of nitrogens with zero attached hydrogens (tertiary/aromatic N) is 6. The summed E-state index contributed by atoms with van der Waals surface area (Å²) in [5, 5.41) is 32.3. The van der Waals surface area contributed by atoms with Crippen LogP contribution in [0.3, 0.4) is 0 Å². The van der Waals surface area contributed by atoms with Crippen LogP contribution in [-0.4, -0.2) is 29.1 Å². The average molecular weight is 1420 g/mol. The number of fused-ring (bicyclic) bond motifs is 36. The lowest BCUT2D eigenvalue weighted by Gasteiger charge is -2.16. The van der Waals surface area contributed by atoms with Gasteiger partial charge in [-0.1, -0.05) is 243 Å². The van der Waals surface area contributed by atoms with Crippen molar-refractivity contribution < 1.29 is 8.83 Å². The molecule has 26 aromatic rings. The van der Waals surface area contributed by atoms with Gasteiger partial charge < -0.3 is 8.83 Å². The average Bonchev–Trinajstić information content (AvgIpc) is 1.52. The van der Waals surface area contributed by atoms with Crippen LogP contribution in [0.2, 0.25) is 0 Å². The molecule has 0 saturated carbocycles. The molecule has 0 aliphatic carbocycles. The Balaban J connectivity index is 0.696. The van der Waals surface area contributed by atoms with Crippen LogP contribution in [0, 0.1) is 0 Å². The first-order chi connectivity index (χ1) is 55.5. The molecule has 0 N–H and O–H groups in total. The van der Waals surface area contributed by atoms with Gasteiger partial charge in [0.05, 0.1) is 44.1 Å². The van der Waals surface area contributed by atoms with Gasteiger partial charge in [-0.3, -0.25) is 9.13 Å². The summed E-state index contributed by atoms with van der Waals surface area (Å²) in [7, 11) is 0. The Labute approximate surface area is 636 Å². The first kappa shape index (κ1) is 60.0. The molecular formula is C104H56N6O2. The maximum atomic E-state index is 6.52. The monoisotopic (exact) mass is 1420 g/mol. The molecule has 20 aromatic carbocycles. The van der Waals surface area contributed by atoms with Gasteiger partial charge in [-0.25, -0.2) is 19.9 Å². The highest BCUT2D eigenvalue weighted by molar-refractivity contribution is 6.40. The molecule has 112 heavy (non-hydrogen) atoms. The number of benzene rings is 20. The molecule has 514 valence electrons. The fraction of sp³-hybridized carbons (Fsp3) is 0. The number of rotatable bonds is 5. The summed E-state index contributed by atoms with van der Waals surface area (Å²) in [6.07, 6.45) is 0. The van der Waals surface area contributed by atoms with E-state index in [1.165, 1.54) is 91.6 Å². The Morgan fingerprint density at radius 3 is 1.10 bits per heavy atom. The third-order valence-corrected chi connectivity index (χ3v) is 24.4. The van der Waals surface area contributed by atoms with Gasteiger partial charge in [0, 0.05) is 75.8 Å². The highest BCUT2D eigenvalue weighted by Crippen LogP contribution is 2.51. The minimum absolute atomic E-state index is 0.750. The fourth-order valence-corrected chi connectivity index (χ4v) is 19.5. The molecule has 0 amide bonds. The van der Waals surface area contributed by atoms with Crippen molar-refractivity contribution in [1.29, 1.82) is 0 Å². The van der Waals surface area contributed by atoms with E-state index in [2.05, 4.69) is 325 Å². The zero-order valence-corrected chi connectivity index (χ0v) is 59.8. The second-order valence-corrected chi connectivity index (χ2v) is 30.1. The Morgan fingerprint density at radius 1 is 0.188 bits per heavy atom. The molecule has 0 atom stereocenters. The zero-order valence-electron chi connectivity index (χ0n) is 59.8. The first-order valence-electron chi connectivity index (χ1n) is 38.2. The van der Waals surface area contributed by atoms with Gasteiger partial charge in [0.25, 0.3) is 0 Å². The van der Waals surface area contributed by atoms with E-state index in [0.717, 1.165) is 171 Å². The second kappa shape index (κ2) is 22.3. The van der Waals surface area contributed by atoms with Crippen molar-refractivity contribution in [2.45, 2.75) is 0 Å². The van der Waals surface area contributed by atoms with Gasteiger partial charge in [-0.15, -0.1) is 0 Å². The molecule has 0 aliphatic heterocycles. The largest absolute Gasteiger partial charge is 0.456 e. The number of hydrogen-bond donors (Lipinski definition) is 0. The van der Waals surface area contributed by atoms with Crippen molar-refractivity contribution in [3.63, 3.8) is 0 Å². The molecule has 26 rings (SSSR count). The van der Waals surface area contributed by atoms with E-state index in [4.69, 9.17) is 28.8 Å². The maximum absolute atomic E-state index is 6.52. The van der Waals surface area contributed by atoms with E-state index in [-0.39, 0.29) is 0 Å². The number of furan rings is 2. The molecule has 6 aromatic heterocycles. The highest BCUT2D eigenvalue weighted by atomic mass is 16.3. The molecule has 0 saturated heterocycles. The standard InChI is InChI=1S/C104H56N6O2/c1-4-20-65-57(17-1)37-47-85-95(65)97-87(49-43-77-71-25-8-7-23-69(71)70-24-11-12-30-76(70)93(77)97)109(85)103-100(64-40-52-92-82(56-64)75-29-14-16-32-90(75)112-92)107-101-68-41-33-60(53-62(68)36-46-84(101)106-103)61-34-42-79-80(54-61)73-27-10-9-26-72(73)78-44-50-88-98(94(78)79)96-66-21-5-2-18-58(66)38-48-86(96)110(88)104-99(105-83-45-35-59-19-3-6-22-67(59)102(83)108-104)63-39-51-91-81(55-63)74-28-13-15-31-89(74)111-91/h1-56H. The van der Waals surface area contributed by atoms with E-state index in [1.807, 2.05) is 24.3 Å². The molecule has 0 bridgehead atoms. The third kappa shape index (κ3) is 8.22. The zero-order chi connectivity index (χ0) is 72.7. The van der Waals surface area contributed by atoms with Gasteiger partial charge in [0.2, 0.25) is 0 Å². The predicted octanol–water partition coefficient (Wildman–Crippen LogP) is 28.1. The van der Waals surface area contributed by atoms with Crippen LogP contribution < -0.4 is 0 Å². The topological polar surface area (TPSA) is 87.7 Å². The van der Waals surface area contributed by atoms with Crippen molar-refractivity contribution in [2.75, 3.05) is 0 Å². The number of para-hydroxylation sites is 2. The minimum atomic E-state index is 0.750. The molecule has 0 fully saturated rings. The number of aromatic nitrogens is 6. The molecule has 6 heterocycles. The summed E-state index contributed by atoms with van der Waals surface area (Å²) in [5.41, 5.74) is 16.5. The lowest BCUT2D eigenvalue weighted by Crippen LogP contribution is -2.04. The van der Waals surface area contributed by atoms with E-state index in [1.54, 1.807) is 0 Å². The van der Waals surface area contributed by atoms with Gasteiger partial charge >= 0.3 is 0 Å². The molecule has 8 heteroatoms. The van der Waals surface area contributed by atoms with Crippen LogP contribution in [0.1, 0.15) is 0 Å². The molecule has 0 unspecified atom stereocenters. The van der Waals surface area contributed by atoms with E-state index >= 15 is 0 Å². The van der Waals surface area contributed by atoms with Crippen LogP contribution in [0.5, 0.6) is 0 Å². The Hall–Kier alpha value is -15.1. The quantitative estimate of drug-likeness (QED) is 0.160. The molecule has 0 radical (unpaired) electrons. The summed E-state index contributed by atoms with van der Waals surface area (Å²) in [6.45, 7) is 0. The smallest absolute Gasteiger partial charge is 0.165 e. The summed E-state index contributed by atoms with van der Waals surface area (Å²) in [4.78, 5) is 23.4. The Bertz CT molecular complexity index is 8770. The van der Waals surface area contributed by atoms with Crippen LogP contribution in [0.15, 0.2) is 349 Å². The van der Waals surface area contributed by atoms with Gasteiger partial charge in [0.15, 0.2) is 11.6 Å². The van der Waals surface area contributed by atoms with Crippen LogP contribution in [0.25, 0.3) is 263 Å². The normalized spacial score (nSPS) is 12.5.